The number of hydrogen-bond acceptors (Lipinski definition) is 3. The second kappa shape index (κ2) is 4.37. The average Bonchev–Trinajstić information content (AvgIpc) is 3.07. The second-order valence-corrected chi connectivity index (χ2v) is 5.18. The number of nitrogens with zero attached hydrogens (tertiary/aromatic N) is 3. The van der Waals surface area contributed by atoms with Crippen LogP contribution in [0.4, 0.5) is 0 Å². The van der Waals surface area contributed by atoms with Crippen LogP contribution in [0.3, 0.4) is 0 Å². The summed E-state index contributed by atoms with van der Waals surface area (Å²) < 4.78 is 7.16. The third kappa shape index (κ3) is 1.78. The minimum absolute atomic E-state index is 0.00926. The van der Waals surface area contributed by atoms with Crippen molar-refractivity contribution in [2.24, 2.45) is 0 Å². The molecular formula is C15H15N3O2. The van der Waals surface area contributed by atoms with E-state index in [4.69, 9.17) is 4.74 Å². The van der Waals surface area contributed by atoms with Gasteiger partial charge in [0, 0.05) is 19.2 Å². The summed E-state index contributed by atoms with van der Waals surface area (Å²) >= 11 is 0. The van der Waals surface area contributed by atoms with E-state index in [1.807, 2.05) is 17.0 Å². The van der Waals surface area contributed by atoms with Crippen LogP contribution in [0.25, 0.3) is 0 Å². The zero-order valence-corrected chi connectivity index (χ0v) is 11.1. The minimum Gasteiger partial charge on any atom is -0.476 e. The molecule has 102 valence electrons. The lowest BCUT2D eigenvalue weighted by Gasteiger charge is -2.28. The first kappa shape index (κ1) is 11.5. The molecule has 1 amide bonds. The lowest BCUT2D eigenvalue weighted by Crippen LogP contribution is -2.36. The first-order valence-corrected chi connectivity index (χ1v) is 6.88. The molecule has 5 nitrogen and oxygen atoms in total. The molecule has 20 heavy (non-hydrogen) atoms. The predicted octanol–water partition coefficient (Wildman–Crippen LogP) is 1.47. The summed E-state index contributed by atoms with van der Waals surface area (Å²) in [5, 5.41) is 4.32. The smallest absolute Gasteiger partial charge is 0.274 e. The Hall–Kier alpha value is -2.30. The van der Waals surface area contributed by atoms with Gasteiger partial charge in [-0.15, -0.1) is 0 Å². The molecule has 2 aromatic rings. The highest BCUT2D eigenvalue weighted by Gasteiger charge is 2.25. The Kier molecular flexibility index (Phi) is 2.52. The third-order valence-corrected chi connectivity index (χ3v) is 3.93. The lowest BCUT2D eigenvalue weighted by atomic mass is 10.00. The molecule has 4 rings (SSSR count). The van der Waals surface area contributed by atoms with E-state index in [1.165, 1.54) is 11.1 Å². The number of fused-ring (bicyclic) bond motifs is 2. The van der Waals surface area contributed by atoms with Gasteiger partial charge in [-0.3, -0.25) is 4.79 Å². The predicted molar refractivity (Wildman–Crippen MR) is 72.6 cm³/mol. The number of carbonyl (C=O) groups is 1. The molecule has 0 unspecified atom stereocenters. The van der Waals surface area contributed by atoms with Gasteiger partial charge in [-0.25, -0.2) is 4.68 Å². The van der Waals surface area contributed by atoms with Crippen LogP contribution >= 0.6 is 0 Å². The lowest BCUT2D eigenvalue weighted by molar-refractivity contribution is 0.0727. The molecule has 0 bridgehead atoms. The number of carbonyl (C=O) groups excluding carboxylic acids is 1. The van der Waals surface area contributed by atoms with Gasteiger partial charge >= 0.3 is 0 Å². The molecule has 2 aliphatic rings. The monoisotopic (exact) mass is 269 g/mol. The van der Waals surface area contributed by atoms with Gasteiger partial charge in [0.2, 0.25) is 5.88 Å². The van der Waals surface area contributed by atoms with Crippen LogP contribution in [0, 0.1) is 0 Å². The Bertz CT molecular complexity index is 656. The number of ether oxygens (including phenoxy) is 1. The fraction of sp³-hybridized carbons (Fsp3) is 0.333. The fourth-order valence-corrected chi connectivity index (χ4v) is 2.85. The Balaban J connectivity index is 1.57. The van der Waals surface area contributed by atoms with E-state index in [0.717, 1.165) is 19.5 Å². The summed E-state index contributed by atoms with van der Waals surface area (Å²) in [5.74, 6) is 0.691. The maximum atomic E-state index is 12.5. The molecule has 2 aliphatic heterocycles. The molecule has 1 aromatic heterocycles. The first-order valence-electron chi connectivity index (χ1n) is 6.88. The van der Waals surface area contributed by atoms with Crippen LogP contribution in [-0.4, -0.2) is 33.7 Å². The summed E-state index contributed by atoms with van der Waals surface area (Å²) in [4.78, 5) is 14.4. The Morgan fingerprint density at radius 1 is 1.20 bits per heavy atom. The Morgan fingerprint density at radius 2 is 2.05 bits per heavy atom. The summed E-state index contributed by atoms with van der Waals surface area (Å²) in [6.45, 7) is 2.79. The van der Waals surface area contributed by atoms with Gasteiger partial charge in [0.1, 0.15) is 6.61 Å². The Labute approximate surface area is 116 Å². The molecule has 5 heteroatoms. The molecule has 0 fully saturated rings. The van der Waals surface area contributed by atoms with Crippen molar-refractivity contribution in [1.82, 2.24) is 14.7 Å². The Morgan fingerprint density at radius 3 is 2.90 bits per heavy atom. The highest BCUT2D eigenvalue weighted by Crippen LogP contribution is 2.23. The number of rotatable bonds is 1. The topological polar surface area (TPSA) is 47.4 Å². The molecule has 0 spiro atoms. The summed E-state index contributed by atoms with van der Waals surface area (Å²) in [6.07, 6.45) is 0.909. The average molecular weight is 269 g/mol. The van der Waals surface area contributed by atoms with Gasteiger partial charge in [0.25, 0.3) is 5.91 Å². The molecule has 0 radical (unpaired) electrons. The zero-order chi connectivity index (χ0) is 13.5. The molecule has 3 heterocycles. The van der Waals surface area contributed by atoms with Crippen molar-refractivity contribution in [2.75, 3.05) is 13.2 Å². The fourth-order valence-electron chi connectivity index (χ4n) is 2.85. The molecule has 0 aliphatic carbocycles. The van der Waals surface area contributed by atoms with E-state index in [1.54, 1.807) is 10.7 Å². The van der Waals surface area contributed by atoms with Gasteiger partial charge in [0.05, 0.1) is 6.54 Å². The van der Waals surface area contributed by atoms with Crippen LogP contribution in [0.1, 0.15) is 21.6 Å². The van der Waals surface area contributed by atoms with Crippen LogP contribution in [0.2, 0.25) is 0 Å². The summed E-state index contributed by atoms with van der Waals surface area (Å²) in [6, 6.07) is 10.0. The normalized spacial score (nSPS) is 16.5. The number of benzene rings is 1. The SMILES string of the molecule is O=C(c1cc2n(n1)CCO2)N1CCc2ccccc2C1. The second-order valence-electron chi connectivity index (χ2n) is 5.18. The minimum atomic E-state index is -0.00926. The van der Waals surface area contributed by atoms with Crippen molar-refractivity contribution in [3.05, 3.63) is 47.2 Å². The van der Waals surface area contributed by atoms with Gasteiger partial charge < -0.3 is 9.64 Å². The van der Waals surface area contributed by atoms with Crippen LogP contribution in [0.5, 0.6) is 5.88 Å². The van der Waals surface area contributed by atoms with Gasteiger partial charge in [0.15, 0.2) is 5.69 Å². The van der Waals surface area contributed by atoms with E-state index in [-0.39, 0.29) is 5.91 Å². The van der Waals surface area contributed by atoms with Crippen LogP contribution < -0.4 is 4.74 Å². The first-order chi connectivity index (χ1) is 9.81. The molecular weight excluding hydrogens is 254 g/mol. The van der Waals surface area contributed by atoms with Gasteiger partial charge in [-0.1, -0.05) is 24.3 Å². The highest BCUT2D eigenvalue weighted by atomic mass is 16.5. The standard InChI is InChI=1S/C15H15N3O2/c19-15(13-9-14-18(16-13)7-8-20-14)17-6-5-11-3-1-2-4-12(11)10-17/h1-4,9H,5-8,10H2. The molecule has 0 atom stereocenters. The van der Waals surface area contributed by atoms with Crippen molar-refractivity contribution in [1.29, 1.82) is 0 Å². The van der Waals surface area contributed by atoms with Gasteiger partial charge in [-0.05, 0) is 17.5 Å². The van der Waals surface area contributed by atoms with Crippen molar-refractivity contribution in [2.45, 2.75) is 19.5 Å². The van der Waals surface area contributed by atoms with E-state index in [0.29, 0.717) is 24.7 Å². The third-order valence-electron chi connectivity index (χ3n) is 3.93. The molecule has 1 aromatic carbocycles. The molecule has 0 saturated carbocycles. The van der Waals surface area contributed by atoms with E-state index in [9.17, 15) is 4.79 Å². The van der Waals surface area contributed by atoms with Crippen LogP contribution in [-0.2, 0) is 19.5 Å². The number of hydrogen-bond donors (Lipinski definition) is 0. The molecule has 0 saturated heterocycles. The maximum absolute atomic E-state index is 12.5. The number of amides is 1. The van der Waals surface area contributed by atoms with Crippen LogP contribution in [0.15, 0.2) is 30.3 Å². The van der Waals surface area contributed by atoms with Gasteiger partial charge in [-0.2, -0.15) is 5.10 Å². The maximum Gasteiger partial charge on any atom is 0.274 e. The highest BCUT2D eigenvalue weighted by molar-refractivity contribution is 5.92. The largest absolute Gasteiger partial charge is 0.476 e. The van der Waals surface area contributed by atoms with E-state index < -0.39 is 0 Å². The quantitative estimate of drug-likeness (QED) is 0.787. The number of aromatic nitrogens is 2. The summed E-state index contributed by atoms with van der Waals surface area (Å²) in [5.41, 5.74) is 3.06. The van der Waals surface area contributed by atoms with Crippen molar-refractivity contribution in [3.8, 4) is 5.88 Å². The zero-order valence-electron chi connectivity index (χ0n) is 11.1. The summed E-state index contributed by atoms with van der Waals surface area (Å²) in [7, 11) is 0. The van der Waals surface area contributed by atoms with Crippen molar-refractivity contribution >= 4 is 5.91 Å². The van der Waals surface area contributed by atoms with Crippen molar-refractivity contribution < 1.29 is 9.53 Å². The van der Waals surface area contributed by atoms with E-state index in [2.05, 4.69) is 17.2 Å². The van der Waals surface area contributed by atoms with E-state index >= 15 is 0 Å². The molecule has 0 N–H and O–H groups in total. The van der Waals surface area contributed by atoms with Crippen molar-refractivity contribution in [3.63, 3.8) is 0 Å².